The van der Waals surface area contributed by atoms with Gasteiger partial charge in [0.25, 0.3) is 0 Å². The Morgan fingerprint density at radius 1 is 1.38 bits per heavy atom. The summed E-state index contributed by atoms with van der Waals surface area (Å²) in [6.45, 7) is 4.15. The van der Waals surface area contributed by atoms with E-state index in [4.69, 9.17) is 4.42 Å². The van der Waals surface area contributed by atoms with Gasteiger partial charge in [0.1, 0.15) is 6.26 Å². The lowest BCUT2D eigenvalue weighted by Gasteiger charge is -2.22. The first-order chi connectivity index (χ1) is 11.2. The second-order valence-corrected chi connectivity index (χ2v) is 6.15. The van der Waals surface area contributed by atoms with Crippen molar-refractivity contribution in [1.29, 1.82) is 0 Å². The number of anilines is 1. The van der Waals surface area contributed by atoms with Gasteiger partial charge in [-0.3, -0.25) is 4.79 Å². The molecule has 0 radical (unpaired) electrons. The van der Waals surface area contributed by atoms with E-state index in [1.165, 1.54) is 12.8 Å². The van der Waals surface area contributed by atoms with Gasteiger partial charge in [0.05, 0.1) is 6.20 Å². The normalized spacial score (nSPS) is 14.9. The molecule has 2 N–H and O–H groups in total. The Morgan fingerprint density at radius 3 is 2.88 bits per heavy atom. The van der Waals surface area contributed by atoms with E-state index in [0.29, 0.717) is 18.2 Å². The van der Waals surface area contributed by atoms with Gasteiger partial charge in [0, 0.05) is 17.7 Å². The van der Waals surface area contributed by atoms with Crippen molar-refractivity contribution in [1.82, 2.24) is 10.3 Å². The first kappa shape index (κ1) is 18.5. The van der Waals surface area contributed by atoms with Crippen molar-refractivity contribution in [2.75, 3.05) is 18.4 Å². The standard InChI is InChI=1S/C18H23N3O2.ClH/c1-13-2-4-15(12-16(13)18-20-10-11-23-18)21-17(22)5-3-14-6-8-19-9-7-14;/h2,4,10-12,14,19H,3,5-9H2,1H3,(H,21,22);1H. The van der Waals surface area contributed by atoms with Crippen LogP contribution in [0.15, 0.2) is 35.1 Å². The van der Waals surface area contributed by atoms with E-state index >= 15 is 0 Å². The Balaban J connectivity index is 0.00000208. The van der Waals surface area contributed by atoms with Crippen molar-refractivity contribution in [2.45, 2.75) is 32.6 Å². The fourth-order valence-electron chi connectivity index (χ4n) is 3.02. The number of carbonyl (C=O) groups excluding carboxylic acids is 1. The van der Waals surface area contributed by atoms with Gasteiger partial charge in [-0.05, 0) is 62.9 Å². The highest BCUT2D eigenvalue weighted by molar-refractivity contribution is 5.91. The monoisotopic (exact) mass is 349 g/mol. The SMILES string of the molecule is Cc1ccc(NC(=O)CCC2CCNCC2)cc1-c1ncco1.Cl. The van der Waals surface area contributed by atoms with Gasteiger partial charge in [-0.2, -0.15) is 0 Å². The van der Waals surface area contributed by atoms with Gasteiger partial charge in [0.2, 0.25) is 11.8 Å². The lowest BCUT2D eigenvalue weighted by molar-refractivity contribution is -0.116. The highest BCUT2D eigenvalue weighted by atomic mass is 35.5. The Morgan fingerprint density at radius 2 is 2.17 bits per heavy atom. The summed E-state index contributed by atoms with van der Waals surface area (Å²) in [6.07, 6.45) is 7.06. The van der Waals surface area contributed by atoms with Crippen LogP contribution in [0.5, 0.6) is 0 Å². The zero-order valence-corrected chi connectivity index (χ0v) is 14.7. The minimum Gasteiger partial charge on any atom is -0.445 e. The van der Waals surface area contributed by atoms with Gasteiger partial charge >= 0.3 is 0 Å². The van der Waals surface area contributed by atoms with Gasteiger partial charge in [-0.25, -0.2) is 4.98 Å². The zero-order valence-electron chi connectivity index (χ0n) is 13.9. The smallest absolute Gasteiger partial charge is 0.226 e. The summed E-state index contributed by atoms with van der Waals surface area (Å²) in [5, 5.41) is 6.34. The van der Waals surface area contributed by atoms with Gasteiger partial charge in [-0.1, -0.05) is 6.07 Å². The molecule has 5 nitrogen and oxygen atoms in total. The number of oxazole rings is 1. The van der Waals surface area contributed by atoms with E-state index in [9.17, 15) is 4.79 Å². The molecular formula is C18H24ClN3O2. The maximum absolute atomic E-state index is 12.2. The molecule has 1 saturated heterocycles. The first-order valence-corrected chi connectivity index (χ1v) is 8.23. The average Bonchev–Trinajstić information content (AvgIpc) is 3.10. The largest absolute Gasteiger partial charge is 0.445 e. The molecule has 0 atom stereocenters. The van der Waals surface area contributed by atoms with Crippen LogP contribution < -0.4 is 10.6 Å². The highest BCUT2D eigenvalue weighted by Crippen LogP contribution is 2.25. The van der Waals surface area contributed by atoms with E-state index in [0.717, 1.165) is 36.3 Å². The summed E-state index contributed by atoms with van der Waals surface area (Å²) in [5.41, 5.74) is 2.77. The minimum atomic E-state index is 0. The Labute approximate surface area is 148 Å². The van der Waals surface area contributed by atoms with E-state index in [1.807, 2.05) is 25.1 Å². The summed E-state index contributed by atoms with van der Waals surface area (Å²) < 4.78 is 5.36. The Bertz CT molecular complexity index is 652. The molecule has 0 aliphatic carbocycles. The molecule has 24 heavy (non-hydrogen) atoms. The summed E-state index contributed by atoms with van der Waals surface area (Å²) in [4.78, 5) is 16.4. The van der Waals surface area contributed by atoms with Crippen molar-refractivity contribution >= 4 is 24.0 Å². The maximum atomic E-state index is 12.2. The number of hydrogen-bond donors (Lipinski definition) is 2. The molecule has 2 heterocycles. The van der Waals surface area contributed by atoms with Gasteiger partial charge in [0.15, 0.2) is 0 Å². The maximum Gasteiger partial charge on any atom is 0.226 e. The third kappa shape index (κ3) is 4.82. The van der Waals surface area contributed by atoms with Crippen LogP contribution in [0, 0.1) is 12.8 Å². The van der Waals surface area contributed by atoms with Gasteiger partial charge in [-0.15, -0.1) is 12.4 Å². The molecule has 1 aliphatic heterocycles. The van der Waals surface area contributed by atoms with Crippen LogP contribution in [0.2, 0.25) is 0 Å². The predicted octanol–water partition coefficient (Wildman–Crippen LogP) is 3.79. The lowest BCUT2D eigenvalue weighted by Crippen LogP contribution is -2.28. The third-order valence-electron chi connectivity index (χ3n) is 4.42. The molecule has 1 aromatic heterocycles. The third-order valence-corrected chi connectivity index (χ3v) is 4.42. The quantitative estimate of drug-likeness (QED) is 0.861. The fraction of sp³-hybridized carbons (Fsp3) is 0.444. The van der Waals surface area contributed by atoms with Crippen LogP contribution in [0.25, 0.3) is 11.5 Å². The average molecular weight is 350 g/mol. The van der Waals surface area contributed by atoms with Gasteiger partial charge < -0.3 is 15.1 Å². The number of piperidine rings is 1. The molecule has 0 unspecified atom stereocenters. The molecular weight excluding hydrogens is 326 g/mol. The molecule has 1 aliphatic rings. The summed E-state index contributed by atoms with van der Waals surface area (Å²) in [5.74, 6) is 1.32. The number of aromatic nitrogens is 1. The van der Waals surface area contributed by atoms with Crippen LogP contribution in [0.1, 0.15) is 31.2 Å². The van der Waals surface area contributed by atoms with E-state index in [-0.39, 0.29) is 18.3 Å². The predicted molar refractivity (Wildman–Crippen MR) is 97.4 cm³/mol. The number of nitrogens with zero attached hydrogens (tertiary/aromatic N) is 1. The lowest BCUT2D eigenvalue weighted by atomic mass is 9.93. The molecule has 0 spiro atoms. The molecule has 0 bridgehead atoms. The Kier molecular flexibility index (Phi) is 6.82. The number of benzene rings is 1. The van der Waals surface area contributed by atoms with Crippen molar-refractivity contribution in [3.63, 3.8) is 0 Å². The number of hydrogen-bond acceptors (Lipinski definition) is 4. The molecule has 6 heteroatoms. The number of halogens is 1. The van der Waals surface area contributed by atoms with E-state index in [1.54, 1.807) is 12.5 Å². The van der Waals surface area contributed by atoms with E-state index < -0.39 is 0 Å². The molecule has 3 rings (SSSR count). The molecule has 0 saturated carbocycles. The molecule has 130 valence electrons. The fourth-order valence-corrected chi connectivity index (χ4v) is 3.02. The zero-order chi connectivity index (χ0) is 16.1. The summed E-state index contributed by atoms with van der Waals surface area (Å²) in [6, 6.07) is 5.82. The number of aryl methyl sites for hydroxylation is 1. The van der Waals surface area contributed by atoms with E-state index in [2.05, 4.69) is 15.6 Å². The molecule has 1 fully saturated rings. The van der Waals surface area contributed by atoms with Crippen LogP contribution >= 0.6 is 12.4 Å². The minimum absolute atomic E-state index is 0. The van der Waals surface area contributed by atoms with Crippen LogP contribution in [0.4, 0.5) is 5.69 Å². The molecule has 1 aromatic carbocycles. The number of carbonyl (C=O) groups is 1. The second kappa shape index (κ2) is 8.85. The number of amides is 1. The highest BCUT2D eigenvalue weighted by Gasteiger charge is 2.15. The topological polar surface area (TPSA) is 67.2 Å². The summed E-state index contributed by atoms with van der Waals surface area (Å²) in [7, 11) is 0. The number of rotatable bonds is 5. The van der Waals surface area contributed by atoms with Crippen molar-refractivity contribution in [3.05, 3.63) is 36.2 Å². The number of nitrogens with one attached hydrogen (secondary N) is 2. The molecule has 1 amide bonds. The van der Waals surface area contributed by atoms with Crippen molar-refractivity contribution in [2.24, 2.45) is 5.92 Å². The Hall–Kier alpha value is -1.85. The van der Waals surface area contributed by atoms with Crippen molar-refractivity contribution < 1.29 is 9.21 Å². The van der Waals surface area contributed by atoms with Crippen LogP contribution in [-0.4, -0.2) is 24.0 Å². The van der Waals surface area contributed by atoms with Crippen LogP contribution in [0.3, 0.4) is 0 Å². The second-order valence-electron chi connectivity index (χ2n) is 6.15. The summed E-state index contributed by atoms with van der Waals surface area (Å²) >= 11 is 0. The first-order valence-electron chi connectivity index (χ1n) is 8.23. The molecule has 2 aromatic rings. The van der Waals surface area contributed by atoms with Crippen molar-refractivity contribution in [3.8, 4) is 11.5 Å². The van der Waals surface area contributed by atoms with Crippen LogP contribution in [-0.2, 0) is 4.79 Å².